The van der Waals surface area contributed by atoms with Crippen LogP contribution in [0.2, 0.25) is 0 Å². The first-order chi connectivity index (χ1) is 14.3. The number of piperazine rings is 1. The van der Waals surface area contributed by atoms with Crippen LogP contribution in [0.15, 0.2) is 24.3 Å². The number of amides is 3. The summed E-state index contributed by atoms with van der Waals surface area (Å²) in [5, 5.41) is 2.69. The molecule has 0 aliphatic carbocycles. The van der Waals surface area contributed by atoms with Crippen LogP contribution in [0.1, 0.15) is 51.5 Å². The van der Waals surface area contributed by atoms with Crippen molar-refractivity contribution in [2.24, 2.45) is 0 Å². The topological polar surface area (TPSA) is 96.0 Å². The molecule has 1 saturated heterocycles. The normalized spacial score (nSPS) is 14.8. The van der Waals surface area contributed by atoms with Crippen molar-refractivity contribution in [3.63, 3.8) is 0 Å². The Morgan fingerprint density at radius 2 is 1.60 bits per heavy atom. The highest BCUT2D eigenvalue weighted by Crippen LogP contribution is 2.20. The van der Waals surface area contributed by atoms with Crippen molar-refractivity contribution in [3.05, 3.63) is 29.8 Å². The smallest absolute Gasteiger partial charge is 0.306 e. The van der Waals surface area contributed by atoms with Gasteiger partial charge in [-0.25, -0.2) is 0 Å². The van der Waals surface area contributed by atoms with E-state index < -0.39 is 18.5 Å². The highest BCUT2D eigenvalue weighted by atomic mass is 16.5. The van der Waals surface area contributed by atoms with Crippen molar-refractivity contribution in [2.75, 3.05) is 38.1 Å². The molecule has 0 bridgehead atoms. The number of nitrogens with zero attached hydrogens (tertiary/aromatic N) is 2. The van der Waals surface area contributed by atoms with Crippen molar-refractivity contribution < 1.29 is 23.9 Å². The van der Waals surface area contributed by atoms with Crippen LogP contribution in [0.25, 0.3) is 0 Å². The van der Waals surface area contributed by atoms with E-state index in [-0.39, 0.29) is 24.7 Å². The Labute approximate surface area is 177 Å². The second-order valence-corrected chi connectivity index (χ2v) is 7.53. The number of hydrogen-bond acceptors (Lipinski definition) is 5. The molecule has 8 heteroatoms. The second kappa shape index (κ2) is 11.3. The maximum atomic E-state index is 12.2. The molecule has 1 aliphatic rings. The SMILES string of the molecule is CC[C@@H](C)c1ccc(NC(=O)COC(=O)CCC(=O)N2CCN(C(C)=O)CC2)cc1. The van der Waals surface area contributed by atoms with Gasteiger partial charge in [0.2, 0.25) is 11.8 Å². The van der Waals surface area contributed by atoms with Gasteiger partial charge in [0.25, 0.3) is 5.91 Å². The van der Waals surface area contributed by atoms with Crippen molar-refractivity contribution in [1.29, 1.82) is 0 Å². The van der Waals surface area contributed by atoms with Crippen LogP contribution in [0.5, 0.6) is 0 Å². The van der Waals surface area contributed by atoms with Gasteiger partial charge in [-0.3, -0.25) is 19.2 Å². The fourth-order valence-electron chi connectivity index (χ4n) is 3.18. The number of hydrogen-bond donors (Lipinski definition) is 1. The Morgan fingerprint density at radius 3 is 2.17 bits per heavy atom. The van der Waals surface area contributed by atoms with Crippen LogP contribution in [0.3, 0.4) is 0 Å². The molecule has 1 atom stereocenters. The minimum atomic E-state index is -0.590. The van der Waals surface area contributed by atoms with E-state index in [4.69, 9.17) is 4.74 Å². The van der Waals surface area contributed by atoms with Gasteiger partial charge < -0.3 is 19.9 Å². The van der Waals surface area contributed by atoms with E-state index in [9.17, 15) is 19.2 Å². The van der Waals surface area contributed by atoms with Gasteiger partial charge in [-0.05, 0) is 30.0 Å². The van der Waals surface area contributed by atoms with Gasteiger partial charge in [0.05, 0.1) is 6.42 Å². The zero-order valence-corrected chi connectivity index (χ0v) is 18.0. The van der Waals surface area contributed by atoms with E-state index in [1.807, 2.05) is 24.3 Å². The van der Waals surface area contributed by atoms with Gasteiger partial charge in [-0.2, -0.15) is 0 Å². The first-order valence-corrected chi connectivity index (χ1v) is 10.4. The molecule has 0 saturated carbocycles. The van der Waals surface area contributed by atoms with Gasteiger partial charge in [-0.15, -0.1) is 0 Å². The highest BCUT2D eigenvalue weighted by Gasteiger charge is 2.22. The van der Waals surface area contributed by atoms with Crippen LogP contribution in [-0.4, -0.2) is 66.3 Å². The van der Waals surface area contributed by atoms with E-state index in [2.05, 4.69) is 19.2 Å². The Kier molecular flexibility index (Phi) is 8.83. The Morgan fingerprint density at radius 1 is 1.00 bits per heavy atom. The molecule has 1 aromatic rings. The number of rotatable bonds is 8. The summed E-state index contributed by atoms with van der Waals surface area (Å²) in [6.07, 6.45) is 0.985. The number of anilines is 1. The first-order valence-electron chi connectivity index (χ1n) is 10.4. The third kappa shape index (κ3) is 7.17. The molecule has 30 heavy (non-hydrogen) atoms. The molecular weight excluding hydrogens is 386 g/mol. The molecule has 2 rings (SSSR count). The van der Waals surface area contributed by atoms with E-state index in [0.717, 1.165) is 6.42 Å². The number of carbonyl (C=O) groups is 4. The molecule has 1 heterocycles. The van der Waals surface area contributed by atoms with E-state index in [1.54, 1.807) is 9.80 Å². The molecule has 1 aromatic carbocycles. The molecule has 0 radical (unpaired) electrons. The monoisotopic (exact) mass is 417 g/mol. The van der Waals surface area contributed by atoms with E-state index in [0.29, 0.717) is 37.8 Å². The van der Waals surface area contributed by atoms with Crippen molar-refractivity contribution in [1.82, 2.24) is 9.80 Å². The Balaban J connectivity index is 1.66. The maximum absolute atomic E-state index is 12.2. The van der Waals surface area contributed by atoms with Gasteiger partial charge in [0.15, 0.2) is 6.61 Å². The van der Waals surface area contributed by atoms with Gasteiger partial charge in [0.1, 0.15) is 0 Å². The van der Waals surface area contributed by atoms with Gasteiger partial charge >= 0.3 is 5.97 Å². The molecule has 0 spiro atoms. The quantitative estimate of drug-likeness (QED) is 0.654. The van der Waals surface area contributed by atoms with Gasteiger partial charge in [-0.1, -0.05) is 26.0 Å². The van der Waals surface area contributed by atoms with E-state index >= 15 is 0 Å². The number of benzene rings is 1. The molecule has 0 unspecified atom stereocenters. The molecule has 1 aliphatic heterocycles. The number of nitrogens with one attached hydrogen (secondary N) is 1. The minimum Gasteiger partial charge on any atom is -0.456 e. The lowest BCUT2D eigenvalue weighted by Gasteiger charge is -2.34. The lowest BCUT2D eigenvalue weighted by molar-refractivity contribution is -0.149. The molecule has 1 N–H and O–H groups in total. The molecule has 0 aromatic heterocycles. The standard InChI is InChI=1S/C22H31N3O5/c1-4-16(2)18-5-7-19(8-6-18)23-20(27)15-30-22(29)10-9-21(28)25-13-11-24(12-14-25)17(3)26/h5-8,16H,4,9-15H2,1-3H3,(H,23,27)/t16-/m1/s1. The lowest BCUT2D eigenvalue weighted by atomic mass is 9.99. The summed E-state index contributed by atoms with van der Waals surface area (Å²) in [5.41, 5.74) is 1.84. The molecule has 8 nitrogen and oxygen atoms in total. The van der Waals surface area contributed by atoms with Gasteiger partial charge in [0, 0.05) is 45.2 Å². The average molecular weight is 418 g/mol. The molecule has 3 amide bonds. The van der Waals surface area contributed by atoms with Crippen molar-refractivity contribution >= 4 is 29.4 Å². The summed E-state index contributed by atoms with van der Waals surface area (Å²) in [6, 6.07) is 7.59. The lowest BCUT2D eigenvalue weighted by Crippen LogP contribution is -2.50. The summed E-state index contributed by atoms with van der Waals surface area (Å²) < 4.78 is 4.97. The average Bonchev–Trinajstić information content (AvgIpc) is 2.76. The zero-order valence-electron chi connectivity index (χ0n) is 18.0. The molecular formula is C22H31N3O5. The van der Waals surface area contributed by atoms with Crippen LogP contribution >= 0.6 is 0 Å². The molecule has 1 fully saturated rings. The minimum absolute atomic E-state index is 0.00425. The fraction of sp³-hybridized carbons (Fsp3) is 0.545. The first kappa shape index (κ1) is 23.4. The number of esters is 1. The second-order valence-electron chi connectivity index (χ2n) is 7.53. The van der Waals surface area contributed by atoms with Crippen LogP contribution in [-0.2, 0) is 23.9 Å². The predicted molar refractivity (Wildman–Crippen MR) is 113 cm³/mol. The molecule has 164 valence electrons. The maximum Gasteiger partial charge on any atom is 0.306 e. The third-order valence-corrected chi connectivity index (χ3v) is 5.36. The predicted octanol–water partition coefficient (Wildman–Crippen LogP) is 2.15. The Bertz CT molecular complexity index is 755. The number of ether oxygens (including phenoxy) is 1. The summed E-state index contributed by atoms with van der Waals surface area (Å²) in [4.78, 5) is 50.7. The van der Waals surface area contributed by atoms with Crippen LogP contribution in [0.4, 0.5) is 5.69 Å². The Hall–Kier alpha value is -2.90. The summed E-state index contributed by atoms with van der Waals surface area (Å²) in [5.74, 6) is -0.716. The number of carbonyl (C=O) groups excluding carboxylic acids is 4. The summed E-state index contributed by atoms with van der Waals surface area (Å²) in [6.45, 7) is 7.31. The van der Waals surface area contributed by atoms with Crippen LogP contribution < -0.4 is 5.32 Å². The third-order valence-electron chi connectivity index (χ3n) is 5.36. The summed E-state index contributed by atoms with van der Waals surface area (Å²) in [7, 11) is 0. The van der Waals surface area contributed by atoms with E-state index in [1.165, 1.54) is 12.5 Å². The summed E-state index contributed by atoms with van der Waals surface area (Å²) >= 11 is 0. The van der Waals surface area contributed by atoms with Crippen LogP contribution in [0, 0.1) is 0 Å². The largest absolute Gasteiger partial charge is 0.456 e. The zero-order chi connectivity index (χ0) is 22.1. The van der Waals surface area contributed by atoms with Crippen molar-refractivity contribution in [3.8, 4) is 0 Å². The van der Waals surface area contributed by atoms with Crippen molar-refractivity contribution in [2.45, 2.75) is 46.0 Å². The highest BCUT2D eigenvalue weighted by molar-refractivity contribution is 5.93. The fourth-order valence-corrected chi connectivity index (χ4v) is 3.18.